The van der Waals surface area contributed by atoms with Crippen LogP contribution in [-0.2, 0) is 16.0 Å². The van der Waals surface area contributed by atoms with Crippen molar-refractivity contribution in [2.75, 3.05) is 42.3 Å². The van der Waals surface area contributed by atoms with Gasteiger partial charge in [0.25, 0.3) is 0 Å². The van der Waals surface area contributed by atoms with Gasteiger partial charge in [0, 0.05) is 44.2 Å². The summed E-state index contributed by atoms with van der Waals surface area (Å²) in [6, 6.07) is 19.0. The summed E-state index contributed by atoms with van der Waals surface area (Å²) in [4.78, 5) is 29.0. The van der Waals surface area contributed by atoms with E-state index in [4.69, 9.17) is 4.42 Å². The largest absolute Gasteiger partial charge is 0.467 e. The van der Waals surface area contributed by atoms with Crippen molar-refractivity contribution in [1.29, 1.82) is 0 Å². The van der Waals surface area contributed by atoms with Crippen LogP contribution in [0.15, 0.2) is 71.3 Å². The van der Waals surface area contributed by atoms with E-state index in [1.54, 1.807) is 18.4 Å². The lowest BCUT2D eigenvalue weighted by Gasteiger charge is -2.29. The minimum absolute atomic E-state index is 0.199. The van der Waals surface area contributed by atoms with Crippen molar-refractivity contribution in [3.05, 3.63) is 78.3 Å². The van der Waals surface area contributed by atoms with Crippen molar-refractivity contribution >= 4 is 28.9 Å². The first-order chi connectivity index (χ1) is 15.0. The van der Waals surface area contributed by atoms with Gasteiger partial charge in [0.1, 0.15) is 11.8 Å². The summed E-state index contributed by atoms with van der Waals surface area (Å²) in [5.74, 6) is -0.630. The number of carbonyl (C=O) groups is 2. The molecule has 0 spiro atoms. The third kappa shape index (κ3) is 4.55. The molecule has 3 aromatic rings. The van der Waals surface area contributed by atoms with E-state index in [9.17, 15) is 9.59 Å². The molecule has 160 valence electrons. The molecule has 4 rings (SSSR count). The molecule has 0 unspecified atom stereocenters. The summed E-state index contributed by atoms with van der Waals surface area (Å²) in [5.41, 5.74) is 3.98. The maximum atomic E-state index is 12.5. The molecule has 0 saturated carbocycles. The molecule has 1 atom stereocenters. The van der Waals surface area contributed by atoms with Crippen LogP contribution in [0.5, 0.6) is 0 Å². The molecule has 7 nitrogen and oxygen atoms in total. The van der Waals surface area contributed by atoms with Crippen molar-refractivity contribution in [2.45, 2.75) is 12.5 Å². The standard InChI is InChI=1S/C24H26N4O3/c1-27(2)19-11-9-18(10-12-19)26-24(30)23(29)25-16-21(22-8-5-15-31-22)28-14-13-17-6-3-4-7-20(17)28/h3-12,15,21H,13-14,16H2,1-2H3,(H,25,29)(H,26,30)/t21-/m0/s1. The Balaban J connectivity index is 1.41. The second kappa shape index (κ2) is 8.95. The van der Waals surface area contributed by atoms with Gasteiger partial charge in [0.05, 0.1) is 6.26 Å². The van der Waals surface area contributed by atoms with Crippen LogP contribution in [0.25, 0.3) is 0 Å². The van der Waals surface area contributed by atoms with Gasteiger partial charge in [-0.05, 0) is 54.4 Å². The van der Waals surface area contributed by atoms with Gasteiger partial charge in [-0.2, -0.15) is 0 Å². The number of hydrogen-bond acceptors (Lipinski definition) is 5. The average Bonchev–Trinajstić information content (AvgIpc) is 3.45. The first-order valence-electron chi connectivity index (χ1n) is 10.3. The number of para-hydroxylation sites is 1. The highest BCUT2D eigenvalue weighted by Gasteiger charge is 2.29. The van der Waals surface area contributed by atoms with Crippen LogP contribution in [0.2, 0.25) is 0 Å². The predicted octanol–water partition coefficient (Wildman–Crippen LogP) is 3.20. The number of furan rings is 1. The summed E-state index contributed by atoms with van der Waals surface area (Å²) < 4.78 is 5.64. The van der Waals surface area contributed by atoms with E-state index in [0.717, 1.165) is 30.1 Å². The Hall–Kier alpha value is -3.74. The molecule has 1 aromatic heterocycles. The van der Waals surface area contributed by atoms with E-state index in [1.165, 1.54) is 5.56 Å². The van der Waals surface area contributed by atoms with Gasteiger partial charge in [-0.25, -0.2) is 0 Å². The van der Waals surface area contributed by atoms with Gasteiger partial charge in [0.2, 0.25) is 0 Å². The highest BCUT2D eigenvalue weighted by molar-refractivity contribution is 6.39. The summed E-state index contributed by atoms with van der Waals surface area (Å²) >= 11 is 0. The van der Waals surface area contributed by atoms with E-state index in [2.05, 4.69) is 27.7 Å². The quantitative estimate of drug-likeness (QED) is 0.601. The van der Waals surface area contributed by atoms with Crippen LogP contribution >= 0.6 is 0 Å². The molecule has 2 aromatic carbocycles. The number of carbonyl (C=O) groups excluding carboxylic acids is 2. The van der Waals surface area contributed by atoms with Crippen LogP contribution in [0.1, 0.15) is 17.4 Å². The Labute approximate surface area is 181 Å². The SMILES string of the molecule is CN(C)c1ccc(NC(=O)C(=O)NC[C@@H](c2ccco2)N2CCc3ccccc32)cc1. The van der Waals surface area contributed by atoms with Crippen molar-refractivity contribution in [3.8, 4) is 0 Å². The second-order valence-corrected chi connectivity index (χ2v) is 7.71. The predicted molar refractivity (Wildman–Crippen MR) is 121 cm³/mol. The molecule has 1 aliphatic heterocycles. The number of anilines is 3. The molecule has 0 saturated heterocycles. The Bertz CT molecular complexity index is 1040. The van der Waals surface area contributed by atoms with Gasteiger partial charge in [-0.1, -0.05) is 18.2 Å². The zero-order valence-electron chi connectivity index (χ0n) is 17.7. The van der Waals surface area contributed by atoms with Crippen molar-refractivity contribution in [1.82, 2.24) is 5.32 Å². The maximum absolute atomic E-state index is 12.5. The highest BCUT2D eigenvalue weighted by atomic mass is 16.3. The van der Waals surface area contributed by atoms with E-state index in [-0.39, 0.29) is 12.6 Å². The third-order valence-electron chi connectivity index (χ3n) is 5.47. The van der Waals surface area contributed by atoms with E-state index >= 15 is 0 Å². The van der Waals surface area contributed by atoms with Gasteiger partial charge in [0.15, 0.2) is 0 Å². The molecule has 1 aliphatic rings. The molecule has 0 aliphatic carbocycles. The first kappa shape index (κ1) is 20.5. The molecule has 7 heteroatoms. The number of nitrogens with one attached hydrogen (secondary N) is 2. The Morgan fingerprint density at radius 2 is 1.81 bits per heavy atom. The van der Waals surface area contributed by atoms with Crippen LogP contribution in [0, 0.1) is 0 Å². The monoisotopic (exact) mass is 418 g/mol. The Morgan fingerprint density at radius 1 is 1.03 bits per heavy atom. The smallest absolute Gasteiger partial charge is 0.313 e. The van der Waals surface area contributed by atoms with E-state index < -0.39 is 11.8 Å². The number of benzene rings is 2. The summed E-state index contributed by atoms with van der Waals surface area (Å²) in [6.07, 6.45) is 2.56. The average molecular weight is 418 g/mol. The lowest BCUT2D eigenvalue weighted by Crippen LogP contribution is -2.41. The Kier molecular flexibility index (Phi) is 5.93. The van der Waals surface area contributed by atoms with Gasteiger partial charge >= 0.3 is 11.8 Å². The highest BCUT2D eigenvalue weighted by Crippen LogP contribution is 2.34. The van der Waals surface area contributed by atoms with Crippen LogP contribution < -0.4 is 20.4 Å². The molecule has 0 bridgehead atoms. The Morgan fingerprint density at radius 3 is 2.52 bits per heavy atom. The van der Waals surface area contributed by atoms with Crippen LogP contribution in [-0.4, -0.2) is 39.0 Å². The zero-order valence-corrected chi connectivity index (χ0v) is 17.7. The van der Waals surface area contributed by atoms with Crippen LogP contribution in [0.3, 0.4) is 0 Å². The van der Waals surface area contributed by atoms with Gasteiger partial charge in [-0.3, -0.25) is 9.59 Å². The van der Waals surface area contributed by atoms with Crippen molar-refractivity contribution in [3.63, 3.8) is 0 Å². The minimum Gasteiger partial charge on any atom is -0.467 e. The topological polar surface area (TPSA) is 77.8 Å². The first-order valence-corrected chi connectivity index (χ1v) is 10.3. The molecule has 2 amide bonds. The third-order valence-corrected chi connectivity index (χ3v) is 5.47. The molecular formula is C24H26N4O3. The number of hydrogen-bond donors (Lipinski definition) is 2. The normalized spacial score (nSPS) is 13.4. The van der Waals surface area contributed by atoms with Gasteiger partial charge in [-0.15, -0.1) is 0 Å². The lowest BCUT2D eigenvalue weighted by molar-refractivity contribution is -0.136. The fourth-order valence-electron chi connectivity index (χ4n) is 3.83. The summed E-state index contributed by atoms with van der Waals surface area (Å²) in [6.45, 7) is 1.08. The summed E-state index contributed by atoms with van der Waals surface area (Å²) in [7, 11) is 3.88. The van der Waals surface area contributed by atoms with Crippen molar-refractivity contribution < 1.29 is 14.0 Å². The maximum Gasteiger partial charge on any atom is 0.313 e. The second-order valence-electron chi connectivity index (χ2n) is 7.71. The lowest BCUT2D eigenvalue weighted by atomic mass is 10.1. The van der Waals surface area contributed by atoms with Crippen molar-refractivity contribution in [2.24, 2.45) is 0 Å². The minimum atomic E-state index is -0.697. The molecule has 0 fully saturated rings. The molecule has 31 heavy (non-hydrogen) atoms. The number of rotatable bonds is 6. The van der Waals surface area contributed by atoms with E-state index in [1.807, 2.05) is 55.4 Å². The number of nitrogens with zero attached hydrogens (tertiary/aromatic N) is 2. The fraction of sp³-hybridized carbons (Fsp3) is 0.250. The van der Waals surface area contributed by atoms with E-state index in [0.29, 0.717) is 5.69 Å². The number of fused-ring (bicyclic) bond motifs is 1. The van der Waals surface area contributed by atoms with Gasteiger partial charge < -0.3 is 24.9 Å². The summed E-state index contributed by atoms with van der Waals surface area (Å²) in [5, 5.41) is 5.41. The zero-order chi connectivity index (χ0) is 21.8. The molecule has 2 heterocycles. The molecule has 0 radical (unpaired) electrons. The number of amides is 2. The molecular weight excluding hydrogens is 392 g/mol. The van der Waals surface area contributed by atoms with Crippen LogP contribution in [0.4, 0.5) is 17.1 Å². The fourth-order valence-corrected chi connectivity index (χ4v) is 3.83. The molecule has 2 N–H and O–H groups in total.